The van der Waals surface area contributed by atoms with Crippen molar-refractivity contribution < 1.29 is 19.1 Å². The summed E-state index contributed by atoms with van der Waals surface area (Å²) in [6, 6.07) is 15.5. The summed E-state index contributed by atoms with van der Waals surface area (Å²) < 4.78 is 10.6. The third kappa shape index (κ3) is 5.64. The summed E-state index contributed by atoms with van der Waals surface area (Å²) in [5, 5.41) is 0. The molecule has 0 aromatic heterocycles. The molecule has 0 fully saturated rings. The second-order valence-corrected chi connectivity index (χ2v) is 9.99. The highest BCUT2D eigenvalue weighted by atomic mass is 32.3. The van der Waals surface area contributed by atoms with E-state index in [0.717, 1.165) is 17.6 Å². The van der Waals surface area contributed by atoms with E-state index in [9.17, 15) is 9.59 Å². The molecule has 0 amide bonds. The van der Waals surface area contributed by atoms with Gasteiger partial charge in [0.2, 0.25) is 0 Å². The predicted molar refractivity (Wildman–Crippen MR) is 102 cm³/mol. The Morgan fingerprint density at radius 3 is 2.24 bits per heavy atom. The fourth-order valence-electron chi connectivity index (χ4n) is 2.30. The number of carbonyl (C=O) groups is 2. The molecule has 0 radical (unpaired) electrons. The normalized spacial score (nSPS) is 11.6. The van der Waals surface area contributed by atoms with Gasteiger partial charge in [0.15, 0.2) is 0 Å². The van der Waals surface area contributed by atoms with E-state index < -0.39 is 10.0 Å². The molecule has 0 saturated heterocycles. The molecule has 0 saturated carbocycles. The van der Waals surface area contributed by atoms with Gasteiger partial charge in [0, 0.05) is 12.0 Å². The number of benzene rings is 2. The molecule has 0 aliphatic rings. The van der Waals surface area contributed by atoms with Crippen LogP contribution >= 0.6 is 10.0 Å². The number of methoxy groups -OCH3 is 1. The van der Waals surface area contributed by atoms with Crippen LogP contribution in [0.2, 0.25) is 0 Å². The molecule has 0 spiro atoms. The van der Waals surface area contributed by atoms with Gasteiger partial charge < -0.3 is 9.47 Å². The number of carbonyl (C=O) groups excluding carboxylic acids is 2. The Labute approximate surface area is 150 Å². The van der Waals surface area contributed by atoms with Gasteiger partial charge in [-0.2, -0.15) is 10.0 Å². The van der Waals surface area contributed by atoms with E-state index in [4.69, 9.17) is 4.74 Å². The number of ether oxygens (including phenoxy) is 2. The summed E-state index contributed by atoms with van der Waals surface area (Å²) >= 11 is 0. The zero-order valence-corrected chi connectivity index (χ0v) is 15.7. The second-order valence-electron chi connectivity index (χ2n) is 6.21. The zero-order chi connectivity index (χ0) is 18.3. The van der Waals surface area contributed by atoms with E-state index >= 15 is 0 Å². The molecule has 2 rings (SSSR count). The lowest BCUT2D eigenvalue weighted by molar-refractivity contribution is -0.140. The standard InChI is InChI=1S/C20H24O4S/c1-23-20(22)13-8-16-4-9-18(10-5-16)24-15-25(2,3)19-11-6-17(14-21)7-12-19/h4-7,9-12,14H,8,13,15H2,1-3H3. The van der Waals surface area contributed by atoms with E-state index in [1.807, 2.05) is 48.5 Å². The van der Waals surface area contributed by atoms with E-state index in [1.54, 1.807) is 0 Å². The summed E-state index contributed by atoms with van der Waals surface area (Å²) in [5.74, 6) is 1.22. The fraction of sp³-hybridized carbons (Fsp3) is 0.300. The van der Waals surface area contributed by atoms with Crippen LogP contribution in [0, 0.1) is 0 Å². The van der Waals surface area contributed by atoms with Crippen molar-refractivity contribution in [3.63, 3.8) is 0 Å². The summed E-state index contributed by atoms with van der Waals surface area (Å²) in [6.07, 6.45) is 6.27. The van der Waals surface area contributed by atoms with Crippen LogP contribution in [0.3, 0.4) is 0 Å². The van der Waals surface area contributed by atoms with E-state index in [-0.39, 0.29) is 5.97 Å². The van der Waals surface area contributed by atoms with Crippen LogP contribution in [0.5, 0.6) is 5.75 Å². The second kappa shape index (κ2) is 8.72. The Hall–Kier alpha value is -2.27. The minimum absolute atomic E-state index is 0.203. The summed E-state index contributed by atoms with van der Waals surface area (Å²) in [4.78, 5) is 23.1. The Kier molecular flexibility index (Phi) is 6.65. The quantitative estimate of drug-likeness (QED) is 0.526. The Morgan fingerprint density at radius 2 is 1.68 bits per heavy atom. The minimum atomic E-state index is -1.12. The van der Waals surface area contributed by atoms with Crippen molar-refractivity contribution in [3.8, 4) is 5.75 Å². The average Bonchev–Trinajstić information content (AvgIpc) is 2.65. The smallest absolute Gasteiger partial charge is 0.305 e. The molecule has 0 unspecified atom stereocenters. The monoisotopic (exact) mass is 360 g/mol. The average molecular weight is 360 g/mol. The molecule has 0 N–H and O–H groups in total. The lowest BCUT2D eigenvalue weighted by Crippen LogP contribution is -2.08. The summed E-state index contributed by atoms with van der Waals surface area (Å²) in [6.45, 7) is 0. The van der Waals surface area contributed by atoms with Crippen molar-refractivity contribution in [3.05, 3.63) is 59.7 Å². The maximum Gasteiger partial charge on any atom is 0.305 e. The van der Waals surface area contributed by atoms with Crippen LogP contribution in [0.15, 0.2) is 53.4 Å². The summed E-state index contributed by atoms with van der Waals surface area (Å²) in [7, 11) is 0.281. The van der Waals surface area contributed by atoms with Crippen molar-refractivity contribution in [2.75, 3.05) is 25.6 Å². The molecule has 0 aliphatic carbocycles. The maximum absolute atomic E-state index is 11.2. The minimum Gasteiger partial charge on any atom is -0.484 e. The van der Waals surface area contributed by atoms with Gasteiger partial charge in [0.05, 0.1) is 7.11 Å². The van der Waals surface area contributed by atoms with Crippen molar-refractivity contribution >= 4 is 22.3 Å². The Bertz CT molecular complexity index is 705. The number of esters is 1. The third-order valence-corrected chi connectivity index (χ3v) is 6.20. The van der Waals surface area contributed by atoms with Crippen LogP contribution in [0.25, 0.3) is 0 Å². The van der Waals surface area contributed by atoms with Gasteiger partial charge in [0.1, 0.15) is 18.0 Å². The van der Waals surface area contributed by atoms with Gasteiger partial charge in [-0.1, -0.05) is 24.3 Å². The van der Waals surface area contributed by atoms with E-state index in [2.05, 4.69) is 17.2 Å². The summed E-state index contributed by atoms with van der Waals surface area (Å²) in [5.41, 5.74) is 1.76. The van der Waals surface area contributed by atoms with Gasteiger partial charge in [0.25, 0.3) is 0 Å². The zero-order valence-electron chi connectivity index (χ0n) is 14.9. The van der Waals surface area contributed by atoms with Crippen molar-refractivity contribution in [2.45, 2.75) is 17.7 Å². The molecular formula is C20H24O4S. The number of hydrogen-bond donors (Lipinski definition) is 0. The van der Waals surface area contributed by atoms with Crippen molar-refractivity contribution in [2.24, 2.45) is 0 Å². The van der Waals surface area contributed by atoms with Gasteiger partial charge in [-0.3, -0.25) is 9.59 Å². The molecule has 134 valence electrons. The highest BCUT2D eigenvalue weighted by Gasteiger charge is 2.16. The largest absolute Gasteiger partial charge is 0.484 e. The first kappa shape index (κ1) is 19.1. The van der Waals surface area contributed by atoms with Gasteiger partial charge in [-0.05, 0) is 53.7 Å². The highest BCUT2D eigenvalue weighted by molar-refractivity contribution is 8.32. The van der Waals surface area contributed by atoms with Crippen LogP contribution in [0.4, 0.5) is 0 Å². The van der Waals surface area contributed by atoms with Gasteiger partial charge >= 0.3 is 5.97 Å². The van der Waals surface area contributed by atoms with Gasteiger partial charge in [-0.15, -0.1) is 0 Å². The van der Waals surface area contributed by atoms with E-state index in [0.29, 0.717) is 24.3 Å². The highest BCUT2D eigenvalue weighted by Crippen LogP contribution is 2.48. The van der Waals surface area contributed by atoms with Crippen LogP contribution in [-0.2, 0) is 16.0 Å². The van der Waals surface area contributed by atoms with E-state index in [1.165, 1.54) is 12.0 Å². The first-order chi connectivity index (χ1) is 11.9. The molecule has 25 heavy (non-hydrogen) atoms. The fourth-order valence-corrected chi connectivity index (χ4v) is 3.74. The predicted octanol–water partition coefficient (Wildman–Crippen LogP) is 4.06. The Morgan fingerprint density at radius 1 is 1.04 bits per heavy atom. The molecule has 2 aromatic rings. The third-order valence-electron chi connectivity index (χ3n) is 3.94. The molecule has 0 aliphatic heterocycles. The first-order valence-electron chi connectivity index (χ1n) is 7.99. The number of aryl methyl sites for hydroxylation is 1. The van der Waals surface area contributed by atoms with Crippen molar-refractivity contribution in [1.29, 1.82) is 0 Å². The molecule has 0 heterocycles. The lowest BCUT2D eigenvalue weighted by atomic mass is 10.1. The number of rotatable bonds is 8. The van der Waals surface area contributed by atoms with Gasteiger partial charge in [-0.25, -0.2) is 0 Å². The lowest BCUT2D eigenvalue weighted by Gasteiger charge is -2.31. The van der Waals surface area contributed by atoms with Crippen molar-refractivity contribution in [1.82, 2.24) is 0 Å². The van der Waals surface area contributed by atoms with Crippen LogP contribution in [-0.4, -0.2) is 37.8 Å². The topological polar surface area (TPSA) is 52.6 Å². The van der Waals surface area contributed by atoms with Crippen LogP contribution < -0.4 is 4.74 Å². The Balaban J connectivity index is 1.92. The number of hydrogen-bond acceptors (Lipinski definition) is 4. The molecular weight excluding hydrogens is 336 g/mol. The maximum atomic E-state index is 11.2. The molecule has 0 atom stereocenters. The molecule has 2 aromatic carbocycles. The number of aldehydes is 1. The SMILES string of the molecule is COC(=O)CCc1ccc(OCS(C)(C)c2ccc(C=O)cc2)cc1. The molecule has 0 bridgehead atoms. The molecule has 5 heteroatoms. The van der Waals surface area contributed by atoms with Crippen LogP contribution in [0.1, 0.15) is 22.3 Å². The molecule has 4 nitrogen and oxygen atoms in total. The first-order valence-corrected chi connectivity index (χ1v) is 10.6.